The normalized spacial score (nSPS) is 12.7. The first-order chi connectivity index (χ1) is 7.12. The van der Waals surface area contributed by atoms with E-state index in [0.29, 0.717) is 0 Å². The van der Waals surface area contributed by atoms with Gasteiger partial charge in [-0.1, -0.05) is 17.7 Å². The smallest absolute Gasteiger partial charge is 0.134 e. The third-order valence-electron chi connectivity index (χ3n) is 2.39. The van der Waals surface area contributed by atoms with Crippen LogP contribution in [0.3, 0.4) is 0 Å². The van der Waals surface area contributed by atoms with E-state index in [1.165, 1.54) is 0 Å². The highest BCUT2D eigenvalue weighted by molar-refractivity contribution is 5.50. The van der Waals surface area contributed by atoms with Crippen LogP contribution >= 0.6 is 0 Å². The molecule has 2 N–H and O–H groups in total. The fourth-order valence-electron chi connectivity index (χ4n) is 2.00. The molecule has 90 valence electrons. The van der Waals surface area contributed by atoms with Gasteiger partial charge in [0.15, 0.2) is 0 Å². The number of hydrogen-bond donors (Lipinski definition) is 2. The first-order valence-electron chi connectivity index (χ1n) is 5.44. The summed E-state index contributed by atoms with van der Waals surface area (Å²) in [5.74, 6) is 0. The van der Waals surface area contributed by atoms with Crippen LogP contribution in [0.5, 0.6) is 0 Å². The van der Waals surface area contributed by atoms with Crippen LogP contribution in [0.25, 0.3) is 0 Å². The van der Waals surface area contributed by atoms with Crippen molar-refractivity contribution in [3.63, 3.8) is 0 Å². The highest BCUT2D eigenvalue weighted by atomic mass is 16.3. The van der Waals surface area contributed by atoms with Crippen molar-refractivity contribution in [1.82, 2.24) is 0 Å². The van der Waals surface area contributed by atoms with Gasteiger partial charge in [-0.05, 0) is 46.8 Å². The van der Waals surface area contributed by atoms with Crippen molar-refractivity contribution in [3.8, 4) is 0 Å². The maximum Gasteiger partial charge on any atom is 0.134 e. The van der Waals surface area contributed by atoms with Gasteiger partial charge in [-0.2, -0.15) is 0 Å². The Morgan fingerprint density at radius 3 is 1.56 bits per heavy atom. The second-order valence-corrected chi connectivity index (χ2v) is 5.16. The van der Waals surface area contributed by atoms with Crippen molar-refractivity contribution in [2.24, 2.45) is 0 Å². The molecule has 0 heterocycles. The van der Waals surface area contributed by atoms with Crippen LogP contribution in [0.2, 0.25) is 0 Å². The van der Waals surface area contributed by atoms with E-state index in [4.69, 9.17) is 0 Å². The van der Waals surface area contributed by atoms with Crippen LogP contribution in [-0.4, -0.2) is 21.7 Å². The van der Waals surface area contributed by atoms with Crippen LogP contribution in [-0.2, 0) is 0 Å². The van der Waals surface area contributed by atoms with Gasteiger partial charge in [0, 0.05) is 5.69 Å². The molecule has 3 heteroatoms. The third-order valence-corrected chi connectivity index (χ3v) is 2.39. The highest BCUT2D eigenvalue weighted by Crippen LogP contribution is 2.29. The molecule has 0 aliphatic carbocycles. The van der Waals surface area contributed by atoms with Gasteiger partial charge in [-0.3, -0.25) is 0 Å². The number of nitrogens with zero attached hydrogens (tertiary/aromatic N) is 1. The van der Waals surface area contributed by atoms with Gasteiger partial charge in [0.2, 0.25) is 0 Å². The van der Waals surface area contributed by atoms with E-state index in [-0.39, 0.29) is 0 Å². The summed E-state index contributed by atoms with van der Waals surface area (Å²) in [7, 11) is 0. The largest absolute Gasteiger partial charge is 0.371 e. The first-order valence-corrected chi connectivity index (χ1v) is 5.44. The molecule has 0 saturated carbocycles. The predicted octanol–water partition coefficient (Wildman–Crippen LogP) is 2.26. The topological polar surface area (TPSA) is 43.7 Å². The minimum absolute atomic E-state index is 0.797. The summed E-state index contributed by atoms with van der Waals surface area (Å²) in [4.78, 5) is 1.58. The molecule has 0 amide bonds. The molecule has 0 aliphatic rings. The lowest BCUT2D eigenvalue weighted by Gasteiger charge is -2.44. The zero-order chi connectivity index (χ0) is 12.6. The van der Waals surface area contributed by atoms with E-state index in [9.17, 15) is 10.2 Å². The van der Waals surface area contributed by atoms with Gasteiger partial charge < -0.3 is 15.1 Å². The zero-order valence-electron chi connectivity index (χ0n) is 10.7. The van der Waals surface area contributed by atoms with Crippen molar-refractivity contribution in [3.05, 3.63) is 29.8 Å². The first kappa shape index (κ1) is 13.0. The number of aryl methyl sites for hydroxylation is 1. The van der Waals surface area contributed by atoms with Gasteiger partial charge in [0.1, 0.15) is 11.4 Å². The monoisotopic (exact) mass is 223 g/mol. The lowest BCUT2D eigenvalue weighted by Crippen LogP contribution is -2.56. The molecule has 1 aromatic carbocycles. The van der Waals surface area contributed by atoms with E-state index < -0.39 is 11.4 Å². The Morgan fingerprint density at radius 1 is 0.875 bits per heavy atom. The molecule has 0 aromatic heterocycles. The molecule has 0 unspecified atom stereocenters. The quantitative estimate of drug-likeness (QED) is 0.772. The average molecular weight is 223 g/mol. The van der Waals surface area contributed by atoms with E-state index in [1.54, 1.807) is 32.6 Å². The van der Waals surface area contributed by atoms with E-state index in [2.05, 4.69) is 0 Å². The Bertz CT molecular complexity index is 330. The Labute approximate surface area is 97.3 Å². The lowest BCUT2D eigenvalue weighted by molar-refractivity contribution is -0.0201. The summed E-state index contributed by atoms with van der Waals surface area (Å²) in [5.41, 5.74) is -0.290. The molecule has 0 radical (unpaired) electrons. The average Bonchev–Trinajstić information content (AvgIpc) is 2.03. The summed E-state index contributed by atoms with van der Waals surface area (Å²) in [6, 6.07) is 7.70. The maximum atomic E-state index is 10.1. The molecule has 3 nitrogen and oxygen atoms in total. The van der Waals surface area contributed by atoms with E-state index in [0.717, 1.165) is 11.3 Å². The highest BCUT2D eigenvalue weighted by Gasteiger charge is 2.34. The minimum Gasteiger partial charge on any atom is -0.371 e. The second-order valence-electron chi connectivity index (χ2n) is 5.16. The number of benzene rings is 1. The lowest BCUT2D eigenvalue weighted by atomic mass is 10.1. The summed E-state index contributed by atoms with van der Waals surface area (Å²) >= 11 is 0. The van der Waals surface area contributed by atoms with Crippen LogP contribution < -0.4 is 4.90 Å². The summed E-state index contributed by atoms with van der Waals surface area (Å²) in [6.45, 7) is 8.63. The van der Waals surface area contributed by atoms with E-state index >= 15 is 0 Å². The number of rotatable bonds is 3. The second kappa shape index (κ2) is 4.07. The van der Waals surface area contributed by atoms with Gasteiger partial charge in [-0.25, -0.2) is 0 Å². The fraction of sp³-hybridized carbons (Fsp3) is 0.538. The summed E-state index contributed by atoms with van der Waals surface area (Å²) in [6.07, 6.45) is 0. The molecule has 1 rings (SSSR count). The third kappa shape index (κ3) is 2.97. The van der Waals surface area contributed by atoms with Gasteiger partial charge >= 0.3 is 0 Å². The summed E-state index contributed by atoms with van der Waals surface area (Å²) in [5, 5.41) is 20.2. The molecule has 16 heavy (non-hydrogen) atoms. The summed E-state index contributed by atoms with van der Waals surface area (Å²) < 4.78 is 0. The van der Waals surface area contributed by atoms with Crippen molar-refractivity contribution in [1.29, 1.82) is 0 Å². The number of hydrogen-bond acceptors (Lipinski definition) is 3. The fourth-order valence-corrected chi connectivity index (χ4v) is 2.00. The molecule has 1 aromatic rings. The standard InChI is InChI=1S/C13H21NO2/c1-10-6-8-11(9-7-10)14(12(2,3)15)13(4,5)16/h6-9,15-16H,1-5H3. The van der Waals surface area contributed by atoms with Crippen LogP contribution in [0.1, 0.15) is 33.3 Å². The maximum absolute atomic E-state index is 10.1. The number of anilines is 1. The predicted molar refractivity (Wildman–Crippen MR) is 66.3 cm³/mol. The number of aliphatic hydroxyl groups is 2. The van der Waals surface area contributed by atoms with E-state index in [1.807, 2.05) is 31.2 Å². The Morgan fingerprint density at radius 2 is 1.25 bits per heavy atom. The van der Waals surface area contributed by atoms with Crippen molar-refractivity contribution < 1.29 is 10.2 Å². The van der Waals surface area contributed by atoms with Gasteiger partial charge in [0.25, 0.3) is 0 Å². The Kier molecular flexibility index (Phi) is 3.31. The van der Waals surface area contributed by atoms with Gasteiger partial charge in [0.05, 0.1) is 0 Å². The van der Waals surface area contributed by atoms with Crippen molar-refractivity contribution in [2.45, 2.75) is 46.1 Å². The van der Waals surface area contributed by atoms with Crippen molar-refractivity contribution in [2.75, 3.05) is 4.90 Å². The zero-order valence-corrected chi connectivity index (χ0v) is 10.7. The Balaban J connectivity index is 3.18. The van der Waals surface area contributed by atoms with Gasteiger partial charge in [-0.15, -0.1) is 0 Å². The molecule has 0 atom stereocenters. The molecule has 0 aliphatic heterocycles. The molecule has 0 spiro atoms. The van der Waals surface area contributed by atoms with Crippen LogP contribution in [0.15, 0.2) is 24.3 Å². The minimum atomic E-state index is -1.12. The SMILES string of the molecule is Cc1ccc(N(C(C)(C)O)C(C)(C)O)cc1. The Hall–Kier alpha value is -1.06. The molecular formula is C13H21NO2. The van der Waals surface area contributed by atoms with Crippen molar-refractivity contribution >= 4 is 5.69 Å². The molecular weight excluding hydrogens is 202 g/mol. The molecule has 0 bridgehead atoms. The molecule has 0 saturated heterocycles. The van der Waals surface area contributed by atoms with Crippen LogP contribution in [0, 0.1) is 6.92 Å². The van der Waals surface area contributed by atoms with Crippen LogP contribution in [0.4, 0.5) is 5.69 Å². The molecule has 0 fully saturated rings.